The molecule has 3 N–H and O–H groups in total. The lowest BCUT2D eigenvalue weighted by atomic mass is 9.99. The number of anilines is 2. The molecule has 0 aliphatic carbocycles. The molecule has 1 aromatic carbocycles. The van der Waals surface area contributed by atoms with Crippen LogP contribution in [0.25, 0.3) is 22.3 Å². The molecule has 2 aromatic heterocycles. The van der Waals surface area contributed by atoms with Crippen LogP contribution < -0.4 is 11.1 Å². The van der Waals surface area contributed by atoms with E-state index in [9.17, 15) is 0 Å². The quantitative estimate of drug-likeness (QED) is 0.712. The average molecular weight is 280 g/mol. The molecule has 6 nitrogen and oxygen atoms in total. The number of fused-ring (bicyclic) bond motifs is 2. The van der Waals surface area contributed by atoms with Crippen LogP contribution in [0, 0.1) is 0 Å². The largest absolute Gasteiger partial charge is 0.385 e. The minimum absolute atomic E-state index is 0.466. The highest BCUT2D eigenvalue weighted by molar-refractivity contribution is 5.98. The molecule has 3 heterocycles. The SMILES string of the molecule is Cn1nc2ncnc(N)c2c1-c1ccc2c(c1)NCCC2. The van der Waals surface area contributed by atoms with Gasteiger partial charge < -0.3 is 11.1 Å². The van der Waals surface area contributed by atoms with Gasteiger partial charge in [0.2, 0.25) is 0 Å². The average Bonchev–Trinajstić information content (AvgIpc) is 2.84. The molecule has 3 aromatic rings. The third-order valence-corrected chi connectivity index (χ3v) is 3.98. The second-order valence-electron chi connectivity index (χ2n) is 5.33. The van der Waals surface area contributed by atoms with Gasteiger partial charge in [0.15, 0.2) is 5.65 Å². The number of rotatable bonds is 1. The van der Waals surface area contributed by atoms with Gasteiger partial charge in [0, 0.05) is 24.8 Å². The van der Waals surface area contributed by atoms with Gasteiger partial charge in [0.05, 0.1) is 11.1 Å². The molecule has 106 valence electrons. The topological polar surface area (TPSA) is 81.7 Å². The zero-order valence-corrected chi connectivity index (χ0v) is 11.8. The molecule has 0 amide bonds. The van der Waals surface area contributed by atoms with E-state index in [-0.39, 0.29) is 0 Å². The van der Waals surface area contributed by atoms with Crippen LogP contribution in [-0.4, -0.2) is 26.3 Å². The van der Waals surface area contributed by atoms with Crippen LogP contribution in [0.5, 0.6) is 0 Å². The Hall–Kier alpha value is -2.63. The van der Waals surface area contributed by atoms with Crippen molar-refractivity contribution < 1.29 is 0 Å². The van der Waals surface area contributed by atoms with Crippen molar-refractivity contribution in [1.29, 1.82) is 0 Å². The molecule has 6 heteroatoms. The minimum atomic E-state index is 0.466. The Morgan fingerprint density at radius 3 is 3.10 bits per heavy atom. The zero-order valence-electron chi connectivity index (χ0n) is 11.8. The van der Waals surface area contributed by atoms with Gasteiger partial charge in [0.25, 0.3) is 0 Å². The first-order chi connectivity index (χ1) is 10.2. The van der Waals surface area contributed by atoms with E-state index in [0.29, 0.717) is 11.5 Å². The van der Waals surface area contributed by atoms with E-state index in [1.165, 1.54) is 24.0 Å². The summed E-state index contributed by atoms with van der Waals surface area (Å²) >= 11 is 0. The van der Waals surface area contributed by atoms with E-state index in [2.05, 4.69) is 38.6 Å². The molecule has 0 unspecified atom stereocenters. The lowest BCUT2D eigenvalue weighted by Crippen LogP contribution is -2.11. The maximum absolute atomic E-state index is 6.03. The molecule has 0 saturated carbocycles. The van der Waals surface area contributed by atoms with Gasteiger partial charge in [-0.1, -0.05) is 12.1 Å². The van der Waals surface area contributed by atoms with Crippen molar-refractivity contribution in [3.63, 3.8) is 0 Å². The van der Waals surface area contributed by atoms with E-state index in [0.717, 1.165) is 29.6 Å². The Bertz CT molecular complexity index is 836. The number of benzene rings is 1. The summed E-state index contributed by atoms with van der Waals surface area (Å²) in [6, 6.07) is 6.46. The van der Waals surface area contributed by atoms with Crippen molar-refractivity contribution in [2.75, 3.05) is 17.6 Å². The summed E-state index contributed by atoms with van der Waals surface area (Å²) < 4.78 is 1.82. The molecular weight excluding hydrogens is 264 g/mol. The molecule has 0 saturated heterocycles. The number of hydrogen-bond acceptors (Lipinski definition) is 5. The number of nitrogens with two attached hydrogens (primary N) is 1. The number of nitrogens with one attached hydrogen (secondary N) is 1. The molecule has 0 fully saturated rings. The third kappa shape index (κ3) is 1.83. The smallest absolute Gasteiger partial charge is 0.187 e. The summed E-state index contributed by atoms with van der Waals surface area (Å²) in [4.78, 5) is 8.29. The lowest BCUT2D eigenvalue weighted by molar-refractivity contribution is 0.783. The van der Waals surface area contributed by atoms with Crippen molar-refractivity contribution in [2.45, 2.75) is 12.8 Å². The predicted molar refractivity (Wildman–Crippen MR) is 83.0 cm³/mol. The molecule has 0 radical (unpaired) electrons. The molecule has 1 aliphatic heterocycles. The Balaban J connectivity index is 1.96. The molecule has 0 bridgehead atoms. The van der Waals surface area contributed by atoms with Gasteiger partial charge in [-0.05, 0) is 24.5 Å². The molecule has 0 spiro atoms. The summed E-state index contributed by atoms with van der Waals surface area (Å²) in [7, 11) is 1.91. The first kappa shape index (κ1) is 12.1. The Morgan fingerprint density at radius 1 is 1.29 bits per heavy atom. The van der Waals surface area contributed by atoms with Gasteiger partial charge in [-0.15, -0.1) is 0 Å². The van der Waals surface area contributed by atoms with Gasteiger partial charge >= 0.3 is 0 Å². The van der Waals surface area contributed by atoms with Crippen molar-refractivity contribution in [1.82, 2.24) is 19.7 Å². The second kappa shape index (κ2) is 4.44. The van der Waals surface area contributed by atoms with Crippen molar-refractivity contribution in [3.05, 3.63) is 30.1 Å². The summed E-state index contributed by atoms with van der Waals surface area (Å²) in [5.41, 5.74) is 11.3. The van der Waals surface area contributed by atoms with E-state index >= 15 is 0 Å². The zero-order chi connectivity index (χ0) is 14.4. The highest BCUT2D eigenvalue weighted by atomic mass is 15.3. The summed E-state index contributed by atoms with van der Waals surface area (Å²) in [6.45, 7) is 1.02. The highest BCUT2D eigenvalue weighted by Crippen LogP contribution is 2.33. The molecule has 0 atom stereocenters. The van der Waals surface area contributed by atoms with Crippen molar-refractivity contribution in [3.8, 4) is 11.3 Å². The molecular formula is C15H16N6. The lowest BCUT2D eigenvalue weighted by Gasteiger charge is -2.18. The summed E-state index contributed by atoms with van der Waals surface area (Å²) in [5.74, 6) is 0.466. The minimum Gasteiger partial charge on any atom is -0.385 e. The standard InChI is InChI=1S/C15H16N6/c1-21-13(12-14(16)18-8-19-15(12)20-21)10-5-4-9-3-2-6-17-11(9)7-10/h4-5,7-8,17H,2-3,6H2,1H3,(H2,16,18,19,20). The van der Waals surface area contributed by atoms with Crippen LogP contribution in [0.2, 0.25) is 0 Å². The number of nitrogen functional groups attached to an aromatic ring is 1. The normalized spacial score (nSPS) is 14.0. The van der Waals surface area contributed by atoms with Crippen LogP contribution in [0.1, 0.15) is 12.0 Å². The highest BCUT2D eigenvalue weighted by Gasteiger charge is 2.17. The fourth-order valence-electron chi connectivity index (χ4n) is 2.99. The van der Waals surface area contributed by atoms with Gasteiger partial charge in [-0.2, -0.15) is 5.10 Å². The van der Waals surface area contributed by atoms with Crippen molar-refractivity contribution >= 4 is 22.5 Å². The van der Waals surface area contributed by atoms with E-state index in [1.807, 2.05) is 11.7 Å². The number of nitrogens with zero attached hydrogens (tertiary/aromatic N) is 4. The van der Waals surface area contributed by atoms with Crippen LogP contribution >= 0.6 is 0 Å². The first-order valence-electron chi connectivity index (χ1n) is 7.04. The van der Waals surface area contributed by atoms with E-state index in [4.69, 9.17) is 5.73 Å². The Kier molecular flexibility index (Phi) is 2.57. The summed E-state index contributed by atoms with van der Waals surface area (Å²) in [5, 5.41) is 8.70. The Labute approximate surface area is 122 Å². The van der Waals surface area contributed by atoms with Crippen molar-refractivity contribution in [2.24, 2.45) is 7.05 Å². The summed E-state index contributed by atoms with van der Waals surface area (Å²) in [6.07, 6.45) is 3.75. The van der Waals surface area contributed by atoms with Gasteiger partial charge in [-0.25, -0.2) is 9.97 Å². The first-order valence-corrected chi connectivity index (χ1v) is 7.04. The molecule has 1 aliphatic rings. The van der Waals surface area contributed by atoms with Gasteiger partial charge in [0.1, 0.15) is 12.1 Å². The maximum atomic E-state index is 6.03. The number of aryl methyl sites for hydroxylation is 2. The predicted octanol–water partition coefficient (Wildman–Crippen LogP) is 1.97. The van der Waals surface area contributed by atoms with E-state index < -0.39 is 0 Å². The third-order valence-electron chi connectivity index (χ3n) is 3.98. The number of hydrogen-bond donors (Lipinski definition) is 2. The Morgan fingerprint density at radius 2 is 2.19 bits per heavy atom. The van der Waals surface area contributed by atoms with Crippen LogP contribution in [0.3, 0.4) is 0 Å². The van der Waals surface area contributed by atoms with Crippen LogP contribution in [0.4, 0.5) is 11.5 Å². The second-order valence-corrected chi connectivity index (χ2v) is 5.33. The van der Waals surface area contributed by atoms with Gasteiger partial charge in [-0.3, -0.25) is 4.68 Å². The van der Waals surface area contributed by atoms with Crippen LogP contribution in [-0.2, 0) is 13.5 Å². The monoisotopic (exact) mass is 280 g/mol. The fourth-order valence-corrected chi connectivity index (χ4v) is 2.99. The molecule has 4 rings (SSSR count). The van der Waals surface area contributed by atoms with Crippen LogP contribution in [0.15, 0.2) is 24.5 Å². The maximum Gasteiger partial charge on any atom is 0.187 e. The molecule has 21 heavy (non-hydrogen) atoms. The number of aromatic nitrogens is 4. The fraction of sp³-hybridized carbons (Fsp3) is 0.267. The van der Waals surface area contributed by atoms with E-state index in [1.54, 1.807) is 0 Å².